The van der Waals surface area contributed by atoms with Gasteiger partial charge < -0.3 is 0 Å². The first kappa shape index (κ1) is 19.6. The SMILES string of the molecule is CC1=NN(c2ccc(C)c(C)c2)C(=O)/C1=C\c1c(C)[nH]n(-c2ccc(C)cc2)c1=O. The van der Waals surface area contributed by atoms with Gasteiger partial charge in [-0.05, 0) is 76.1 Å². The lowest BCUT2D eigenvalue weighted by molar-refractivity contribution is -0.114. The Morgan fingerprint density at radius 1 is 0.867 bits per heavy atom. The third kappa shape index (κ3) is 3.30. The highest BCUT2D eigenvalue weighted by Gasteiger charge is 2.29. The third-order valence-corrected chi connectivity index (χ3v) is 5.50. The number of carbonyl (C=O) groups is 1. The van der Waals surface area contributed by atoms with Crippen molar-refractivity contribution < 1.29 is 4.79 Å². The van der Waals surface area contributed by atoms with E-state index in [-0.39, 0.29) is 11.5 Å². The molecular formula is C24H24N4O2. The number of aryl methyl sites for hydroxylation is 4. The summed E-state index contributed by atoms with van der Waals surface area (Å²) in [6.45, 7) is 9.64. The van der Waals surface area contributed by atoms with Gasteiger partial charge in [0.25, 0.3) is 11.5 Å². The minimum Gasteiger partial charge on any atom is -0.295 e. The number of rotatable bonds is 3. The van der Waals surface area contributed by atoms with Crippen LogP contribution in [0.5, 0.6) is 0 Å². The number of aromatic amines is 1. The van der Waals surface area contributed by atoms with E-state index in [9.17, 15) is 9.59 Å². The second-order valence-corrected chi connectivity index (χ2v) is 7.76. The van der Waals surface area contributed by atoms with Crippen LogP contribution in [0.4, 0.5) is 5.69 Å². The van der Waals surface area contributed by atoms with E-state index in [1.54, 1.807) is 13.0 Å². The summed E-state index contributed by atoms with van der Waals surface area (Å²) in [7, 11) is 0. The Labute approximate surface area is 175 Å². The van der Waals surface area contributed by atoms with Gasteiger partial charge in [-0.15, -0.1) is 0 Å². The van der Waals surface area contributed by atoms with Gasteiger partial charge in [-0.1, -0.05) is 23.8 Å². The Morgan fingerprint density at radius 3 is 2.20 bits per heavy atom. The number of hydrazone groups is 1. The molecule has 0 spiro atoms. The fourth-order valence-electron chi connectivity index (χ4n) is 3.47. The number of nitrogens with zero attached hydrogens (tertiary/aromatic N) is 3. The van der Waals surface area contributed by atoms with Crippen molar-refractivity contribution in [2.75, 3.05) is 5.01 Å². The molecule has 6 heteroatoms. The number of amides is 1. The number of benzene rings is 2. The highest BCUT2D eigenvalue weighted by Crippen LogP contribution is 2.26. The van der Waals surface area contributed by atoms with Crippen LogP contribution in [0.15, 0.2) is 57.9 Å². The summed E-state index contributed by atoms with van der Waals surface area (Å²) in [5.41, 5.74) is 6.78. The fraction of sp³-hybridized carbons (Fsp3) is 0.208. The molecule has 1 aliphatic heterocycles. The van der Waals surface area contributed by atoms with E-state index in [0.29, 0.717) is 28.2 Å². The van der Waals surface area contributed by atoms with Crippen LogP contribution < -0.4 is 10.6 Å². The number of nitrogens with one attached hydrogen (secondary N) is 1. The maximum atomic E-state index is 13.1. The molecule has 1 aromatic heterocycles. The van der Waals surface area contributed by atoms with Gasteiger partial charge in [0.15, 0.2) is 0 Å². The van der Waals surface area contributed by atoms with E-state index < -0.39 is 0 Å². The van der Waals surface area contributed by atoms with Crippen molar-refractivity contribution in [3.05, 3.63) is 86.3 Å². The Hall–Kier alpha value is -3.67. The predicted octanol–water partition coefficient (Wildman–Crippen LogP) is 4.21. The van der Waals surface area contributed by atoms with E-state index in [1.807, 2.05) is 70.2 Å². The molecule has 0 radical (unpaired) electrons. The van der Waals surface area contributed by atoms with Crippen LogP contribution in [0.25, 0.3) is 11.8 Å². The molecule has 30 heavy (non-hydrogen) atoms. The van der Waals surface area contributed by atoms with Crippen LogP contribution in [-0.4, -0.2) is 21.4 Å². The smallest absolute Gasteiger partial charge is 0.280 e. The topological polar surface area (TPSA) is 70.5 Å². The van der Waals surface area contributed by atoms with Crippen LogP contribution in [0.2, 0.25) is 0 Å². The molecule has 1 aliphatic rings. The molecule has 0 atom stereocenters. The lowest BCUT2D eigenvalue weighted by Gasteiger charge is -2.13. The van der Waals surface area contributed by atoms with Crippen molar-refractivity contribution in [3.63, 3.8) is 0 Å². The first-order valence-electron chi connectivity index (χ1n) is 9.84. The van der Waals surface area contributed by atoms with Crippen LogP contribution >= 0.6 is 0 Å². The first-order chi connectivity index (χ1) is 14.3. The summed E-state index contributed by atoms with van der Waals surface area (Å²) in [5, 5.41) is 8.94. The van der Waals surface area contributed by atoms with Crippen molar-refractivity contribution in [2.45, 2.75) is 34.6 Å². The number of hydrogen-bond acceptors (Lipinski definition) is 3. The number of anilines is 1. The summed E-state index contributed by atoms with van der Waals surface area (Å²) in [5.74, 6) is -0.238. The number of aromatic nitrogens is 2. The molecule has 2 heterocycles. The molecule has 152 valence electrons. The molecule has 4 rings (SSSR count). The van der Waals surface area contributed by atoms with Crippen molar-refractivity contribution in [3.8, 4) is 5.69 Å². The standard InChI is InChI=1S/C24H24N4O2/c1-14-6-9-19(10-7-14)27-23(29)21(17(4)25-27)13-22-18(5)26-28(24(22)30)20-11-8-15(2)16(3)12-20/h6-13,25H,1-5H3/b22-13-. The van der Waals surface area contributed by atoms with Gasteiger partial charge in [-0.25, -0.2) is 4.68 Å². The van der Waals surface area contributed by atoms with Crippen molar-refractivity contribution >= 4 is 23.4 Å². The van der Waals surface area contributed by atoms with Gasteiger partial charge in [0.2, 0.25) is 0 Å². The van der Waals surface area contributed by atoms with Gasteiger partial charge in [0.1, 0.15) is 0 Å². The highest BCUT2D eigenvalue weighted by atomic mass is 16.2. The highest BCUT2D eigenvalue weighted by molar-refractivity contribution is 6.32. The monoisotopic (exact) mass is 400 g/mol. The molecular weight excluding hydrogens is 376 g/mol. The molecule has 2 aromatic carbocycles. The van der Waals surface area contributed by atoms with E-state index in [1.165, 1.54) is 9.69 Å². The van der Waals surface area contributed by atoms with E-state index in [4.69, 9.17) is 0 Å². The largest absolute Gasteiger partial charge is 0.295 e. The molecule has 1 N–H and O–H groups in total. The molecule has 3 aromatic rings. The zero-order chi connectivity index (χ0) is 21.6. The maximum Gasteiger partial charge on any atom is 0.280 e. The summed E-state index contributed by atoms with van der Waals surface area (Å²) < 4.78 is 1.49. The Balaban J connectivity index is 1.73. The molecule has 0 fully saturated rings. The Morgan fingerprint density at radius 2 is 1.53 bits per heavy atom. The second kappa shape index (κ2) is 7.30. The van der Waals surface area contributed by atoms with E-state index in [0.717, 1.165) is 22.4 Å². The molecule has 0 saturated heterocycles. The number of H-pyrrole nitrogens is 1. The molecule has 6 nitrogen and oxygen atoms in total. The van der Waals surface area contributed by atoms with Crippen LogP contribution in [0.3, 0.4) is 0 Å². The maximum absolute atomic E-state index is 13.1. The molecule has 1 amide bonds. The minimum absolute atomic E-state index is 0.200. The third-order valence-electron chi connectivity index (χ3n) is 5.50. The Kier molecular flexibility index (Phi) is 4.78. The van der Waals surface area contributed by atoms with Gasteiger partial charge in [-0.3, -0.25) is 14.7 Å². The number of carbonyl (C=O) groups excluding carboxylic acids is 1. The summed E-state index contributed by atoms with van der Waals surface area (Å²) in [6, 6.07) is 13.5. The predicted molar refractivity (Wildman–Crippen MR) is 120 cm³/mol. The van der Waals surface area contributed by atoms with Crippen LogP contribution in [0, 0.1) is 27.7 Å². The molecule has 0 aliphatic carbocycles. The minimum atomic E-state index is -0.238. The summed E-state index contributed by atoms with van der Waals surface area (Å²) in [4.78, 5) is 26.1. The average molecular weight is 400 g/mol. The van der Waals surface area contributed by atoms with Crippen LogP contribution in [-0.2, 0) is 4.79 Å². The van der Waals surface area contributed by atoms with Crippen molar-refractivity contribution in [1.82, 2.24) is 9.78 Å². The number of hydrogen-bond donors (Lipinski definition) is 1. The zero-order valence-electron chi connectivity index (χ0n) is 17.8. The van der Waals surface area contributed by atoms with E-state index in [2.05, 4.69) is 10.2 Å². The first-order valence-corrected chi connectivity index (χ1v) is 9.84. The molecule has 0 unspecified atom stereocenters. The molecule has 0 bridgehead atoms. The van der Waals surface area contributed by atoms with Gasteiger partial charge in [-0.2, -0.15) is 10.1 Å². The van der Waals surface area contributed by atoms with Crippen LogP contribution in [0.1, 0.15) is 34.9 Å². The quantitative estimate of drug-likeness (QED) is 0.669. The lowest BCUT2D eigenvalue weighted by atomic mass is 10.1. The molecule has 0 saturated carbocycles. The van der Waals surface area contributed by atoms with Gasteiger partial charge in [0.05, 0.1) is 28.2 Å². The van der Waals surface area contributed by atoms with Crippen molar-refractivity contribution in [1.29, 1.82) is 0 Å². The van der Waals surface area contributed by atoms with Gasteiger partial charge in [0, 0.05) is 5.69 Å². The Bertz CT molecular complexity index is 1270. The van der Waals surface area contributed by atoms with E-state index >= 15 is 0 Å². The zero-order valence-corrected chi connectivity index (χ0v) is 17.8. The fourth-order valence-corrected chi connectivity index (χ4v) is 3.47. The second-order valence-electron chi connectivity index (χ2n) is 7.76. The summed E-state index contributed by atoms with van der Waals surface area (Å²) in [6.07, 6.45) is 1.64. The average Bonchev–Trinajstić information content (AvgIpc) is 3.15. The summed E-state index contributed by atoms with van der Waals surface area (Å²) >= 11 is 0. The lowest BCUT2D eigenvalue weighted by Crippen LogP contribution is -2.22. The van der Waals surface area contributed by atoms with Crippen molar-refractivity contribution in [2.24, 2.45) is 5.10 Å². The normalized spacial score (nSPS) is 15.2. The van der Waals surface area contributed by atoms with Gasteiger partial charge >= 0.3 is 0 Å².